The average Bonchev–Trinajstić information content (AvgIpc) is 2.64. The summed E-state index contributed by atoms with van der Waals surface area (Å²) in [5.41, 5.74) is 3.21. The van der Waals surface area contributed by atoms with Crippen LogP contribution in [0.15, 0.2) is 10.7 Å². The molecule has 1 saturated carbocycles. The van der Waals surface area contributed by atoms with Gasteiger partial charge in [-0.3, -0.25) is 0 Å². The molecule has 0 N–H and O–H groups in total. The Morgan fingerprint density at radius 1 is 1.31 bits per heavy atom. The summed E-state index contributed by atoms with van der Waals surface area (Å²) in [5, 5.41) is 0. The van der Waals surface area contributed by atoms with Gasteiger partial charge in [-0.15, -0.1) is 0 Å². The first-order valence-corrected chi connectivity index (χ1v) is 6.71. The molecule has 0 radical (unpaired) electrons. The highest BCUT2D eigenvalue weighted by molar-refractivity contribution is 5.36. The highest BCUT2D eigenvalue weighted by Crippen LogP contribution is 2.53. The zero-order valence-corrected chi connectivity index (χ0v) is 10.7. The summed E-state index contributed by atoms with van der Waals surface area (Å²) in [7, 11) is 0. The minimum atomic E-state index is 0.320. The fourth-order valence-corrected chi connectivity index (χ4v) is 4.08. The number of aryl methyl sites for hydroxylation is 1. The predicted octanol–water partition coefficient (Wildman–Crippen LogP) is 4.23. The third-order valence-electron chi connectivity index (χ3n) is 5.40. The third kappa shape index (κ3) is 1.18. The van der Waals surface area contributed by atoms with Crippen LogP contribution in [0.1, 0.15) is 56.4 Å². The van der Waals surface area contributed by atoms with Gasteiger partial charge in [0.25, 0.3) is 0 Å². The molecule has 1 nitrogen and oxygen atoms in total. The van der Waals surface area contributed by atoms with Crippen LogP contribution in [0.4, 0.5) is 0 Å². The molecular formula is C15H22O. The first-order chi connectivity index (χ1) is 7.64. The Labute approximate surface area is 98.2 Å². The number of rotatable bonds is 0. The van der Waals surface area contributed by atoms with E-state index in [1.54, 1.807) is 0 Å². The molecule has 88 valence electrons. The van der Waals surface area contributed by atoms with Gasteiger partial charge in [0, 0.05) is 5.41 Å². The second kappa shape index (κ2) is 3.38. The van der Waals surface area contributed by atoms with Crippen LogP contribution in [-0.4, -0.2) is 0 Å². The van der Waals surface area contributed by atoms with Crippen LogP contribution in [0.25, 0.3) is 0 Å². The third-order valence-corrected chi connectivity index (χ3v) is 5.40. The van der Waals surface area contributed by atoms with E-state index < -0.39 is 0 Å². The summed E-state index contributed by atoms with van der Waals surface area (Å²) in [6.07, 6.45) is 8.77. The second-order valence-electron chi connectivity index (χ2n) is 6.08. The molecule has 1 heterocycles. The molecule has 3 atom stereocenters. The molecule has 1 aromatic rings. The van der Waals surface area contributed by atoms with E-state index in [-0.39, 0.29) is 0 Å². The van der Waals surface area contributed by atoms with Gasteiger partial charge < -0.3 is 4.42 Å². The summed E-state index contributed by atoms with van der Waals surface area (Å²) >= 11 is 0. The number of fused-ring (bicyclic) bond motifs is 3. The van der Waals surface area contributed by atoms with Crippen molar-refractivity contribution in [3.63, 3.8) is 0 Å². The molecule has 0 bridgehead atoms. The van der Waals surface area contributed by atoms with Crippen LogP contribution < -0.4 is 0 Å². The van der Waals surface area contributed by atoms with Crippen LogP contribution in [0.3, 0.4) is 0 Å². The highest BCUT2D eigenvalue weighted by Gasteiger charge is 2.48. The molecule has 0 saturated heterocycles. The van der Waals surface area contributed by atoms with Gasteiger partial charge in [-0.05, 0) is 55.6 Å². The largest absolute Gasteiger partial charge is 0.468 e. The lowest BCUT2D eigenvalue weighted by atomic mass is 9.56. The van der Waals surface area contributed by atoms with Crippen molar-refractivity contribution >= 4 is 0 Å². The zero-order chi connectivity index (χ0) is 11.3. The summed E-state index contributed by atoms with van der Waals surface area (Å²) in [4.78, 5) is 0. The van der Waals surface area contributed by atoms with Gasteiger partial charge in [0.05, 0.1) is 6.26 Å². The Morgan fingerprint density at radius 3 is 2.94 bits per heavy atom. The number of hydrogen-bond acceptors (Lipinski definition) is 1. The maximum Gasteiger partial charge on any atom is 0.113 e. The van der Waals surface area contributed by atoms with Crippen molar-refractivity contribution < 1.29 is 4.42 Å². The van der Waals surface area contributed by atoms with Crippen LogP contribution >= 0.6 is 0 Å². The van der Waals surface area contributed by atoms with Crippen molar-refractivity contribution in [2.75, 3.05) is 0 Å². The van der Waals surface area contributed by atoms with Gasteiger partial charge in [-0.1, -0.05) is 20.3 Å². The first kappa shape index (κ1) is 10.4. The Balaban J connectivity index is 2.13. The molecule has 1 aromatic heterocycles. The van der Waals surface area contributed by atoms with Crippen molar-refractivity contribution in [2.45, 2.75) is 58.3 Å². The number of furan rings is 1. The van der Waals surface area contributed by atoms with Crippen molar-refractivity contribution in [2.24, 2.45) is 11.8 Å². The fraction of sp³-hybridized carbons (Fsp3) is 0.733. The minimum Gasteiger partial charge on any atom is -0.468 e. The lowest BCUT2D eigenvalue weighted by Gasteiger charge is -2.48. The van der Waals surface area contributed by atoms with E-state index >= 15 is 0 Å². The molecule has 2 aliphatic rings. The van der Waals surface area contributed by atoms with E-state index in [0.717, 1.165) is 11.8 Å². The van der Waals surface area contributed by atoms with Gasteiger partial charge in [-0.25, -0.2) is 0 Å². The maximum absolute atomic E-state index is 5.93. The summed E-state index contributed by atoms with van der Waals surface area (Å²) in [6, 6.07) is 0. The van der Waals surface area contributed by atoms with E-state index in [4.69, 9.17) is 4.42 Å². The topological polar surface area (TPSA) is 13.1 Å². The molecule has 16 heavy (non-hydrogen) atoms. The van der Waals surface area contributed by atoms with E-state index in [9.17, 15) is 0 Å². The van der Waals surface area contributed by atoms with Gasteiger partial charge in [0.2, 0.25) is 0 Å². The van der Waals surface area contributed by atoms with Crippen LogP contribution in [-0.2, 0) is 11.8 Å². The Hall–Kier alpha value is -0.720. The Morgan fingerprint density at radius 2 is 2.12 bits per heavy atom. The van der Waals surface area contributed by atoms with Gasteiger partial charge in [0.1, 0.15) is 5.76 Å². The maximum atomic E-state index is 5.93. The van der Waals surface area contributed by atoms with Crippen molar-refractivity contribution in [1.29, 1.82) is 0 Å². The molecule has 0 aliphatic heterocycles. The van der Waals surface area contributed by atoms with Crippen LogP contribution in [0.5, 0.6) is 0 Å². The normalized spacial score (nSPS) is 37.9. The SMILES string of the molecule is Cc1coc2c1CC[C@H]1CCC[C@H](C)[C@@]21C. The van der Waals surface area contributed by atoms with Gasteiger partial charge in [0.15, 0.2) is 0 Å². The zero-order valence-electron chi connectivity index (χ0n) is 10.7. The van der Waals surface area contributed by atoms with Crippen molar-refractivity contribution in [3.05, 3.63) is 23.2 Å². The van der Waals surface area contributed by atoms with Crippen molar-refractivity contribution in [1.82, 2.24) is 0 Å². The minimum absolute atomic E-state index is 0.320. The second-order valence-corrected chi connectivity index (χ2v) is 6.08. The molecule has 0 unspecified atom stereocenters. The molecule has 1 fully saturated rings. The summed E-state index contributed by atoms with van der Waals surface area (Å²) in [5.74, 6) is 2.96. The van der Waals surface area contributed by atoms with E-state index in [1.165, 1.54) is 49.0 Å². The standard InChI is InChI=1S/C15H22O/c1-10-9-16-14-13(10)8-7-12-6-4-5-11(2)15(12,14)3/h9,11-12H,4-8H2,1-3H3/t11-,12+,15+/m0/s1. The number of hydrogen-bond donors (Lipinski definition) is 0. The smallest absolute Gasteiger partial charge is 0.113 e. The Kier molecular flexibility index (Phi) is 2.21. The van der Waals surface area contributed by atoms with Gasteiger partial charge >= 0.3 is 0 Å². The Bertz CT molecular complexity index is 404. The molecule has 0 aromatic carbocycles. The predicted molar refractivity (Wildman–Crippen MR) is 65.6 cm³/mol. The van der Waals surface area contributed by atoms with Crippen LogP contribution in [0, 0.1) is 18.8 Å². The van der Waals surface area contributed by atoms with E-state index in [2.05, 4.69) is 20.8 Å². The average molecular weight is 218 g/mol. The monoisotopic (exact) mass is 218 g/mol. The summed E-state index contributed by atoms with van der Waals surface area (Å²) < 4.78 is 5.93. The molecule has 0 amide bonds. The van der Waals surface area contributed by atoms with E-state index in [0.29, 0.717) is 5.41 Å². The molecule has 1 heteroatoms. The van der Waals surface area contributed by atoms with E-state index in [1.807, 2.05) is 6.26 Å². The molecular weight excluding hydrogens is 196 g/mol. The molecule has 0 spiro atoms. The van der Waals surface area contributed by atoms with Gasteiger partial charge in [-0.2, -0.15) is 0 Å². The molecule has 2 aliphatic carbocycles. The lowest BCUT2D eigenvalue weighted by molar-refractivity contribution is 0.0898. The first-order valence-electron chi connectivity index (χ1n) is 6.71. The summed E-state index contributed by atoms with van der Waals surface area (Å²) in [6.45, 7) is 7.06. The molecule has 3 rings (SSSR count). The lowest BCUT2D eigenvalue weighted by Crippen LogP contribution is -2.44. The quantitative estimate of drug-likeness (QED) is 0.635. The van der Waals surface area contributed by atoms with Crippen LogP contribution in [0.2, 0.25) is 0 Å². The fourth-order valence-electron chi connectivity index (χ4n) is 4.08. The van der Waals surface area contributed by atoms with Crippen molar-refractivity contribution in [3.8, 4) is 0 Å². The highest BCUT2D eigenvalue weighted by atomic mass is 16.3.